The second kappa shape index (κ2) is 8.74. The number of hydrogen-bond donors (Lipinski definition) is 0. The SMILES string of the molecule is [CH2]CC=CCCCCC[CH2]. The molecule has 0 aliphatic heterocycles. The lowest BCUT2D eigenvalue weighted by Gasteiger charge is -1.92. The Morgan fingerprint density at radius 1 is 0.900 bits per heavy atom. The monoisotopic (exact) mass is 138 g/mol. The Morgan fingerprint density at radius 3 is 2.30 bits per heavy atom. The predicted molar refractivity (Wildman–Crippen MR) is 47.6 cm³/mol. The van der Waals surface area contributed by atoms with Crippen LogP contribution in [0, 0.1) is 13.8 Å². The third kappa shape index (κ3) is 7.74. The fraction of sp³-hybridized carbons (Fsp3) is 0.600. The maximum Gasteiger partial charge on any atom is -0.0351 e. The van der Waals surface area contributed by atoms with Crippen molar-refractivity contribution in [3.63, 3.8) is 0 Å². The van der Waals surface area contributed by atoms with Gasteiger partial charge in [0.1, 0.15) is 0 Å². The van der Waals surface area contributed by atoms with Gasteiger partial charge in [0.15, 0.2) is 0 Å². The Bertz CT molecular complexity index is 72.1. The van der Waals surface area contributed by atoms with E-state index in [1.54, 1.807) is 0 Å². The third-order valence-electron chi connectivity index (χ3n) is 1.45. The summed E-state index contributed by atoms with van der Waals surface area (Å²) in [5.41, 5.74) is 0. The van der Waals surface area contributed by atoms with Gasteiger partial charge in [-0.25, -0.2) is 0 Å². The molecule has 0 amide bonds. The Morgan fingerprint density at radius 2 is 1.70 bits per heavy atom. The molecule has 0 heteroatoms. The summed E-state index contributed by atoms with van der Waals surface area (Å²) < 4.78 is 0. The molecule has 0 saturated heterocycles. The van der Waals surface area contributed by atoms with Crippen LogP contribution in [0.15, 0.2) is 12.2 Å². The number of hydrogen-bond acceptors (Lipinski definition) is 0. The van der Waals surface area contributed by atoms with Crippen molar-refractivity contribution in [1.82, 2.24) is 0 Å². The molecular formula is C10H18. The van der Waals surface area contributed by atoms with Crippen LogP contribution >= 0.6 is 0 Å². The van der Waals surface area contributed by atoms with Crippen LogP contribution in [0.3, 0.4) is 0 Å². The first-order valence-electron chi connectivity index (χ1n) is 4.15. The van der Waals surface area contributed by atoms with Gasteiger partial charge in [0.05, 0.1) is 0 Å². The standard InChI is InChI=1S/C10H18/c1-3-5-7-9-10-8-6-4-2/h5,7H,1-4,6,8-10H2. The Balaban J connectivity index is 2.83. The first-order chi connectivity index (χ1) is 4.91. The molecule has 10 heavy (non-hydrogen) atoms. The molecule has 0 unspecified atom stereocenters. The minimum absolute atomic E-state index is 0.926. The minimum atomic E-state index is 0.926. The van der Waals surface area contributed by atoms with Gasteiger partial charge in [0.2, 0.25) is 0 Å². The highest BCUT2D eigenvalue weighted by atomic mass is 13.9. The number of rotatable bonds is 6. The topological polar surface area (TPSA) is 0 Å². The molecule has 0 spiro atoms. The largest absolute Gasteiger partial charge is 0.0885 e. The van der Waals surface area contributed by atoms with Crippen LogP contribution in [0.25, 0.3) is 0 Å². The van der Waals surface area contributed by atoms with Crippen LogP contribution in [0.1, 0.15) is 38.5 Å². The van der Waals surface area contributed by atoms with E-state index in [1.165, 1.54) is 25.7 Å². The predicted octanol–water partition coefficient (Wildman–Crippen LogP) is 3.55. The molecule has 0 aromatic carbocycles. The molecule has 0 aromatic heterocycles. The van der Waals surface area contributed by atoms with E-state index in [-0.39, 0.29) is 0 Å². The van der Waals surface area contributed by atoms with Crippen molar-refractivity contribution in [2.24, 2.45) is 0 Å². The molecule has 0 saturated carbocycles. The number of allylic oxidation sites excluding steroid dienone is 2. The highest BCUT2D eigenvalue weighted by molar-refractivity contribution is 4.81. The summed E-state index contributed by atoms with van der Waals surface area (Å²) >= 11 is 0. The summed E-state index contributed by atoms with van der Waals surface area (Å²) in [5.74, 6) is 0. The zero-order chi connectivity index (χ0) is 7.66. The van der Waals surface area contributed by atoms with Crippen molar-refractivity contribution in [3.8, 4) is 0 Å². The van der Waals surface area contributed by atoms with Gasteiger partial charge in [-0.15, -0.1) is 0 Å². The lowest BCUT2D eigenvalue weighted by Crippen LogP contribution is -1.73. The molecule has 0 fully saturated rings. The minimum Gasteiger partial charge on any atom is -0.0885 e. The second-order valence-corrected chi connectivity index (χ2v) is 2.46. The summed E-state index contributed by atoms with van der Waals surface area (Å²) in [6, 6.07) is 0. The molecular weight excluding hydrogens is 120 g/mol. The Labute approximate surface area is 65.3 Å². The van der Waals surface area contributed by atoms with E-state index in [0.717, 1.165) is 12.8 Å². The van der Waals surface area contributed by atoms with E-state index in [9.17, 15) is 0 Å². The molecule has 0 aliphatic rings. The summed E-state index contributed by atoms with van der Waals surface area (Å²) in [7, 11) is 0. The Hall–Kier alpha value is -0.260. The molecule has 0 N–H and O–H groups in total. The van der Waals surface area contributed by atoms with E-state index < -0.39 is 0 Å². The molecule has 0 atom stereocenters. The van der Waals surface area contributed by atoms with Crippen LogP contribution in [0.4, 0.5) is 0 Å². The first kappa shape index (κ1) is 9.74. The molecule has 2 radical (unpaired) electrons. The average molecular weight is 138 g/mol. The van der Waals surface area contributed by atoms with Crippen LogP contribution in [0.5, 0.6) is 0 Å². The van der Waals surface area contributed by atoms with Gasteiger partial charge in [-0.1, -0.05) is 38.3 Å². The van der Waals surface area contributed by atoms with Gasteiger partial charge in [-0.2, -0.15) is 0 Å². The van der Waals surface area contributed by atoms with Gasteiger partial charge in [-0.05, 0) is 26.2 Å². The van der Waals surface area contributed by atoms with E-state index in [1.807, 2.05) is 0 Å². The maximum absolute atomic E-state index is 3.79. The molecule has 0 aliphatic carbocycles. The van der Waals surface area contributed by atoms with Crippen LogP contribution in [-0.2, 0) is 0 Å². The third-order valence-corrected chi connectivity index (χ3v) is 1.45. The van der Waals surface area contributed by atoms with Crippen molar-refractivity contribution in [3.05, 3.63) is 26.0 Å². The van der Waals surface area contributed by atoms with Gasteiger partial charge < -0.3 is 0 Å². The zero-order valence-corrected chi connectivity index (χ0v) is 6.81. The lowest BCUT2D eigenvalue weighted by molar-refractivity contribution is 0.694. The van der Waals surface area contributed by atoms with E-state index in [4.69, 9.17) is 0 Å². The summed E-state index contributed by atoms with van der Waals surface area (Å²) in [6.07, 6.45) is 11.5. The van der Waals surface area contributed by atoms with Crippen molar-refractivity contribution in [2.45, 2.75) is 38.5 Å². The molecule has 0 nitrogen and oxygen atoms in total. The van der Waals surface area contributed by atoms with Crippen molar-refractivity contribution >= 4 is 0 Å². The van der Waals surface area contributed by atoms with Crippen LogP contribution in [-0.4, -0.2) is 0 Å². The second-order valence-electron chi connectivity index (χ2n) is 2.46. The van der Waals surface area contributed by atoms with Gasteiger partial charge in [0, 0.05) is 0 Å². The highest BCUT2D eigenvalue weighted by Crippen LogP contribution is 2.02. The van der Waals surface area contributed by atoms with Crippen LogP contribution < -0.4 is 0 Å². The quantitative estimate of drug-likeness (QED) is 0.389. The number of unbranched alkanes of at least 4 members (excludes halogenated alkanes) is 4. The molecule has 58 valence electrons. The Kier molecular flexibility index (Phi) is 8.51. The van der Waals surface area contributed by atoms with E-state index in [2.05, 4.69) is 26.0 Å². The average Bonchev–Trinajstić information content (AvgIpc) is 1.97. The summed E-state index contributed by atoms with van der Waals surface area (Å²) in [6.45, 7) is 7.51. The molecule has 0 aromatic rings. The van der Waals surface area contributed by atoms with Gasteiger partial charge in [-0.3, -0.25) is 0 Å². The normalized spacial score (nSPS) is 11.0. The fourth-order valence-corrected chi connectivity index (χ4v) is 0.851. The van der Waals surface area contributed by atoms with Gasteiger partial charge in [0.25, 0.3) is 0 Å². The summed E-state index contributed by atoms with van der Waals surface area (Å²) in [4.78, 5) is 0. The lowest BCUT2D eigenvalue weighted by atomic mass is 10.1. The molecule has 0 heterocycles. The van der Waals surface area contributed by atoms with E-state index >= 15 is 0 Å². The highest BCUT2D eigenvalue weighted by Gasteiger charge is 1.82. The summed E-state index contributed by atoms with van der Waals surface area (Å²) in [5, 5.41) is 0. The molecule has 0 rings (SSSR count). The van der Waals surface area contributed by atoms with Gasteiger partial charge >= 0.3 is 0 Å². The maximum atomic E-state index is 3.79. The fourth-order valence-electron chi connectivity index (χ4n) is 0.851. The van der Waals surface area contributed by atoms with E-state index in [0.29, 0.717) is 0 Å². The zero-order valence-electron chi connectivity index (χ0n) is 6.81. The first-order valence-corrected chi connectivity index (χ1v) is 4.15. The van der Waals surface area contributed by atoms with Crippen molar-refractivity contribution in [2.75, 3.05) is 0 Å². The van der Waals surface area contributed by atoms with Crippen molar-refractivity contribution in [1.29, 1.82) is 0 Å². The molecule has 0 bridgehead atoms. The smallest absolute Gasteiger partial charge is 0.0351 e. The van der Waals surface area contributed by atoms with Crippen molar-refractivity contribution < 1.29 is 0 Å². The van der Waals surface area contributed by atoms with Crippen LogP contribution in [0.2, 0.25) is 0 Å².